The van der Waals surface area contributed by atoms with E-state index in [9.17, 15) is 26.9 Å². The van der Waals surface area contributed by atoms with Crippen molar-refractivity contribution < 1.29 is 26.9 Å². The average Bonchev–Trinajstić information content (AvgIpc) is 2.84. The van der Waals surface area contributed by atoms with Gasteiger partial charge in [-0.15, -0.1) is 0 Å². The van der Waals surface area contributed by atoms with Crippen LogP contribution in [0.15, 0.2) is 80.7 Å². The van der Waals surface area contributed by atoms with Crippen molar-refractivity contribution in [2.45, 2.75) is 23.6 Å². The molecule has 0 amide bonds. The van der Waals surface area contributed by atoms with Crippen molar-refractivity contribution in [2.24, 2.45) is 10.2 Å². The Morgan fingerprint density at radius 2 is 0.972 bits per heavy atom. The van der Waals surface area contributed by atoms with Gasteiger partial charge >= 0.3 is 14.1 Å². The number of rotatable bonds is 4. The fourth-order valence-corrected chi connectivity index (χ4v) is 6.45. The molecule has 2 aliphatic heterocycles. The largest absolute Gasteiger partial charge is 0.484 e. The van der Waals surface area contributed by atoms with Crippen molar-refractivity contribution in [3.8, 4) is 0 Å². The first-order valence-corrected chi connectivity index (χ1v) is 13.7. The lowest BCUT2D eigenvalue weighted by Crippen LogP contribution is -2.56. The third kappa shape index (κ3) is 3.91. The maximum Gasteiger partial charge on any atom is 0.484 e. The normalized spacial score (nSPS) is 15.2. The first-order valence-electron chi connectivity index (χ1n) is 10.8. The summed E-state index contributed by atoms with van der Waals surface area (Å²) >= 11 is 0. The summed E-state index contributed by atoms with van der Waals surface area (Å²) in [6, 6.07) is 15.2. The predicted octanol–water partition coefficient (Wildman–Crippen LogP) is -0.245. The molecule has 5 rings (SSSR count). The van der Waals surface area contributed by atoms with E-state index in [2.05, 4.69) is 10.2 Å². The van der Waals surface area contributed by atoms with Crippen LogP contribution in [0.4, 0.5) is 0 Å². The molecule has 0 fully saturated rings. The lowest BCUT2D eigenvalue weighted by molar-refractivity contribution is 0.473. The van der Waals surface area contributed by atoms with Gasteiger partial charge in [0.25, 0.3) is 20.0 Å². The molecule has 0 unspecified atom stereocenters. The molecule has 2 heterocycles. The van der Waals surface area contributed by atoms with E-state index < -0.39 is 34.1 Å². The smallest absolute Gasteiger partial charge is 0.427 e. The zero-order chi connectivity index (χ0) is 25.8. The van der Waals surface area contributed by atoms with Crippen LogP contribution in [0, 0.1) is 13.8 Å². The van der Waals surface area contributed by atoms with Gasteiger partial charge in [-0.2, -0.15) is 18.9 Å². The number of hydrogen-bond acceptors (Lipinski definition) is 8. The van der Waals surface area contributed by atoms with Crippen LogP contribution in [0.1, 0.15) is 22.3 Å². The highest BCUT2D eigenvalue weighted by molar-refractivity contribution is 7.90. The van der Waals surface area contributed by atoms with Crippen LogP contribution in [-0.4, -0.2) is 62.1 Å². The van der Waals surface area contributed by atoms with Gasteiger partial charge in [-0.3, -0.25) is 0 Å². The molecule has 36 heavy (non-hydrogen) atoms. The quantitative estimate of drug-likeness (QED) is 0.454. The summed E-state index contributed by atoms with van der Waals surface area (Å²) in [6.45, 7) is 3.65. The standard InChI is InChI=1S/C22H20B2N4O6S2/c1-15-3-7-19(8-4-15)35(31,32)27-23(29)21-11-18-14-26-28(24(30)22(18)12-17(21)13-25-27)36(33,34)20-9-5-16(2)6-10-20/h3-14,29-30H,1-2H3. The first kappa shape index (κ1) is 24.3. The van der Waals surface area contributed by atoms with Crippen LogP contribution in [0.25, 0.3) is 0 Å². The highest BCUT2D eigenvalue weighted by Crippen LogP contribution is 2.22. The van der Waals surface area contributed by atoms with E-state index in [0.29, 0.717) is 19.8 Å². The van der Waals surface area contributed by atoms with Crippen LogP contribution in [0.2, 0.25) is 0 Å². The van der Waals surface area contributed by atoms with Crippen LogP contribution in [0.3, 0.4) is 0 Å². The minimum Gasteiger partial charge on any atom is -0.427 e. The van der Waals surface area contributed by atoms with Crippen molar-refractivity contribution in [2.75, 3.05) is 0 Å². The van der Waals surface area contributed by atoms with E-state index in [1.165, 1.54) is 48.8 Å². The first-order chi connectivity index (χ1) is 17.0. The molecule has 0 saturated carbocycles. The molecular weight excluding hydrogens is 502 g/mol. The molecule has 3 aromatic carbocycles. The molecule has 0 aromatic heterocycles. The Kier molecular flexibility index (Phi) is 5.79. The number of fused-ring (bicyclic) bond motifs is 2. The highest BCUT2D eigenvalue weighted by Gasteiger charge is 2.42. The van der Waals surface area contributed by atoms with Crippen molar-refractivity contribution >= 4 is 57.5 Å². The summed E-state index contributed by atoms with van der Waals surface area (Å²) in [4.78, 5) is -0.0562. The van der Waals surface area contributed by atoms with Crippen molar-refractivity contribution in [1.29, 1.82) is 0 Å². The molecule has 10 nitrogen and oxygen atoms in total. The second-order valence-electron chi connectivity index (χ2n) is 8.53. The van der Waals surface area contributed by atoms with E-state index in [4.69, 9.17) is 0 Å². The number of hydrazone groups is 2. The Bertz CT molecular complexity index is 1500. The van der Waals surface area contributed by atoms with Crippen LogP contribution >= 0.6 is 0 Å². The van der Waals surface area contributed by atoms with E-state index in [-0.39, 0.29) is 20.7 Å². The van der Waals surface area contributed by atoms with E-state index in [1.54, 1.807) is 24.3 Å². The number of benzene rings is 3. The Balaban J connectivity index is 1.49. The van der Waals surface area contributed by atoms with Crippen molar-refractivity contribution in [1.82, 2.24) is 8.65 Å². The molecule has 0 aliphatic carbocycles. The number of hydrogen-bond donors (Lipinski definition) is 2. The van der Waals surface area contributed by atoms with Gasteiger partial charge in [-0.05, 0) is 60.2 Å². The Morgan fingerprint density at radius 3 is 1.31 bits per heavy atom. The van der Waals surface area contributed by atoms with Crippen LogP contribution in [-0.2, 0) is 20.0 Å². The number of nitrogens with zero attached hydrogens (tertiary/aromatic N) is 4. The van der Waals surface area contributed by atoms with E-state index in [0.717, 1.165) is 11.1 Å². The lowest BCUT2D eigenvalue weighted by atomic mass is 9.65. The zero-order valence-corrected chi connectivity index (χ0v) is 20.8. The van der Waals surface area contributed by atoms with Gasteiger partial charge in [0, 0.05) is 0 Å². The highest BCUT2D eigenvalue weighted by atomic mass is 32.2. The molecule has 3 aromatic rings. The topological polar surface area (TPSA) is 140 Å². The maximum absolute atomic E-state index is 13.1. The van der Waals surface area contributed by atoms with Gasteiger partial charge in [0.1, 0.15) is 0 Å². The predicted molar refractivity (Wildman–Crippen MR) is 137 cm³/mol. The minimum atomic E-state index is -4.15. The fourth-order valence-electron chi connectivity index (χ4n) is 3.97. The van der Waals surface area contributed by atoms with Gasteiger partial charge < -0.3 is 10.0 Å². The number of sulfonamides is 2. The van der Waals surface area contributed by atoms with E-state index in [1.807, 2.05) is 13.8 Å². The summed E-state index contributed by atoms with van der Waals surface area (Å²) in [5, 5.41) is 29.7. The van der Waals surface area contributed by atoms with Crippen LogP contribution in [0.5, 0.6) is 0 Å². The fraction of sp³-hybridized carbons (Fsp3) is 0.0909. The second-order valence-corrected chi connectivity index (χ2v) is 12.1. The van der Waals surface area contributed by atoms with Gasteiger partial charge in [0.05, 0.1) is 22.2 Å². The van der Waals surface area contributed by atoms with E-state index >= 15 is 0 Å². The minimum absolute atomic E-state index is 0.0281. The molecule has 0 atom stereocenters. The molecule has 2 N–H and O–H groups in total. The average molecular weight is 522 g/mol. The molecule has 182 valence electrons. The monoisotopic (exact) mass is 522 g/mol. The van der Waals surface area contributed by atoms with Gasteiger partial charge in [-0.25, -0.2) is 16.8 Å². The molecular formula is C22H20B2N4O6S2. The second kappa shape index (κ2) is 8.59. The van der Waals surface area contributed by atoms with Gasteiger partial charge in [0.2, 0.25) is 0 Å². The zero-order valence-electron chi connectivity index (χ0n) is 19.2. The lowest BCUT2D eigenvalue weighted by Gasteiger charge is -2.29. The molecule has 0 bridgehead atoms. The Hall–Kier alpha value is -3.45. The van der Waals surface area contributed by atoms with Crippen LogP contribution < -0.4 is 10.9 Å². The molecule has 0 saturated heterocycles. The third-order valence-electron chi connectivity index (χ3n) is 6.01. The SMILES string of the molecule is Cc1ccc(S(=O)(=O)N2N=Cc3cc4c(cc3B2O)C=NN(S(=O)(=O)c2ccc(C)cc2)B4O)cc1. The molecule has 14 heteroatoms. The maximum atomic E-state index is 13.1. The molecule has 2 aliphatic rings. The third-order valence-corrected chi connectivity index (χ3v) is 9.32. The molecule has 0 radical (unpaired) electrons. The van der Waals surface area contributed by atoms with Gasteiger partial charge in [-0.1, -0.05) is 47.5 Å². The van der Waals surface area contributed by atoms with Gasteiger partial charge in [0.15, 0.2) is 0 Å². The Labute approximate surface area is 209 Å². The summed E-state index contributed by atoms with van der Waals surface area (Å²) in [5.74, 6) is 0. The summed E-state index contributed by atoms with van der Waals surface area (Å²) < 4.78 is 53.5. The Morgan fingerprint density at radius 1 is 0.639 bits per heavy atom. The summed E-state index contributed by atoms with van der Waals surface area (Å²) in [7, 11) is -11.6. The summed E-state index contributed by atoms with van der Waals surface area (Å²) in [5.41, 5.74) is 2.85. The van der Waals surface area contributed by atoms with Crippen molar-refractivity contribution in [3.63, 3.8) is 0 Å². The molecule has 0 spiro atoms. The summed E-state index contributed by atoms with van der Waals surface area (Å²) in [6.07, 6.45) is 2.48. The number of aryl methyl sites for hydroxylation is 2. The van der Waals surface area contributed by atoms with Crippen molar-refractivity contribution in [3.05, 3.63) is 82.9 Å².